The second-order valence-electron chi connectivity index (χ2n) is 3.93. The first-order valence-corrected chi connectivity index (χ1v) is 4.49. The third-order valence-corrected chi connectivity index (χ3v) is 2.36. The van der Waals surface area contributed by atoms with Gasteiger partial charge in [-0.3, -0.25) is 0 Å². The van der Waals surface area contributed by atoms with Crippen molar-refractivity contribution in [2.75, 3.05) is 13.7 Å². The highest BCUT2D eigenvalue weighted by Crippen LogP contribution is 2.31. The second-order valence-corrected chi connectivity index (χ2v) is 3.93. The van der Waals surface area contributed by atoms with E-state index in [0.29, 0.717) is 5.75 Å². The first-order valence-electron chi connectivity index (χ1n) is 4.49. The number of rotatable bonds is 3. The monoisotopic (exact) mass is 196 g/mol. The lowest BCUT2D eigenvalue weighted by Crippen LogP contribution is -2.21. The zero-order valence-corrected chi connectivity index (χ0v) is 8.74. The number of methoxy groups -OCH3 is 1. The van der Waals surface area contributed by atoms with Gasteiger partial charge in [-0.25, -0.2) is 0 Å². The summed E-state index contributed by atoms with van der Waals surface area (Å²) in [6.07, 6.45) is 0. The fraction of sp³-hybridized carbons (Fsp3) is 0.455. The molecule has 0 amide bonds. The van der Waals surface area contributed by atoms with Crippen molar-refractivity contribution < 1.29 is 14.9 Å². The van der Waals surface area contributed by atoms with Crippen molar-refractivity contribution >= 4 is 0 Å². The standard InChI is InChI=1S/C11H16O3/c1-11(2,7-12)8-4-5-10(14-3)9(13)6-8/h4-6,12-13H,7H2,1-3H3. The molecule has 2 N–H and O–H groups in total. The molecule has 1 aromatic carbocycles. The van der Waals surface area contributed by atoms with Crippen molar-refractivity contribution in [2.24, 2.45) is 0 Å². The Kier molecular flexibility index (Phi) is 3.01. The number of aromatic hydroxyl groups is 1. The summed E-state index contributed by atoms with van der Waals surface area (Å²) in [4.78, 5) is 0. The smallest absolute Gasteiger partial charge is 0.160 e. The average Bonchev–Trinajstić information content (AvgIpc) is 2.17. The molecular weight excluding hydrogens is 180 g/mol. The van der Waals surface area contributed by atoms with Crippen LogP contribution in [0.25, 0.3) is 0 Å². The van der Waals surface area contributed by atoms with Gasteiger partial charge in [0.05, 0.1) is 13.7 Å². The predicted molar refractivity (Wildman–Crippen MR) is 54.8 cm³/mol. The largest absolute Gasteiger partial charge is 0.504 e. The maximum Gasteiger partial charge on any atom is 0.160 e. The van der Waals surface area contributed by atoms with E-state index >= 15 is 0 Å². The minimum Gasteiger partial charge on any atom is -0.504 e. The highest BCUT2D eigenvalue weighted by atomic mass is 16.5. The van der Waals surface area contributed by atoms with Gasteiger partial charge in [-0.15, -0.1) is 0 Å². The van der Waals surface area contributed by atoms with E-state index < -0.39 is 0 Å². The molecule has 0 fully saturated rings. The van der Waals surface area contributed by atoms with Crippen molar-refractivity contribution in [3.8, 4) is 11.5 Å². The Hall–Kier alpha value is -1.22. The highest BCUT2D eigenvalue weighted by molar-refractivity contribution is 5.43. The summed E-state index contributed by atoms with van der Waals surface area (Å²) in [7, 11) is 1.51. The minimum absolute atomic E-state index is 0.0404. The Balaban J connectivity index is 3.08. The number of aliphatic hydroxyl groups is 1. The fourth-order valence-electron chi connectivity index (χ4n) is 1.20. The van der Waals surface area contributed by atoms with E-state index in [2.05, 4.69) is 0 Å². The van der Waals surface area contributed by atoms with E-state index in [1.54, 1.807) is 12.1 Å². The summed E-state index contributed by atoms with van der Waals surface area (Å²) < 4.78 is 4.93. The van der Waals surface area contributed by atoms with Crippen LogP contribution in [0.3, 0.4) is 0 Å². The molecule has 0 aliphatic rings. The number of phenols is 1. The van der Waals surface area contributed by atoms with Crippen LogP contribution in [-0.4, -0.2) is 23.9 Å². The van der Waals surface area contributed by atoms with E-state index in [4.69, 9.17) is 9.84 Å². The van der Waals surface area contributed by atoms with Crippen LogP contribution in [0.15, 0.2) is 18.2 Å². The third kappa shape index (κ3) is 1.99. The van der Waals surface area contributed by atoms with Gasteiger partial charge in [0.15, 0.2) is 11.5 Å². The number of hydrogen-bond donors (Lipinski definition) is 2. The minimum atomic E-state index is -0.344. The first-order chi connectivity index (χ1) is 6.51. The van der Waals surface area contributed by atoms with Crippen molar-refractivity contribution in [3.63, 3.8) is 0 Å². The Bertz CT molecular complexity index is 318. The van der Waals surface area contributed by atoms with E-state index in [-0.39, 0.29) is 17.8 Å². The van der Waals surface area contributed by atoms with Crippen LogP contribution in [0.1, 0.15) is 19.4 Å². The maximum absolute atomic E-state index is 9.54. The molecule has 78 valence electrons. The van der Waals surface area contributed by atoms with Gasteiger partial charge in [-0.2, -0.15) is 0 Å². The van der Waals surface area contributed by atoms with Crippen molar-refractivity contribution in [1.29, 1.82) is 0 Å². The number of hydrogen-bond acceptors (Lipinski definition) is 3. The van der Waals surface area contributed by atoms with Crippen LogP contribution in [0.5, 0.6) is 11.5 Å². The summed E-state index contributed by atoms with van der Waals surface area (Å²) in [6, 6.07) is 5.16. The van der Waals surface area contributed by atoms with Crippen molar-refractivity contribution in [3.05, 3.63) is 23.8 Å². The number of phenolic OH excluding ortho intramolecular Hbond substituents is 1. The molecule has 0 bridgehead atoms. The molecule has 0 unspecified atom stereocenters. The molecule has 0 spiro atoms. The van der Waals surface area contributed by atoms with Gasteiger partial charge in [0.1, 0.15) is 0 Å². The topological polar surface area (TPSA) is 49.7 Å². The second kappa shape index (κ2) is 3.88. The van der Waals surface area contributed by atoms with Gasteiger partial charge in [0, 0.05) is 5.41 Å². The summed E-state index contributed by atoms with van der Waals surface area (Å²) in [5.41, 5.74) is 0.544. The van der Waals surface area contributed by atoms with Gasteiger partial charge in [-0.05, 0) is 17.7 Å². The van der Waals surface area contributed by atoms with Crippen LogP contribution in [0, 0.1) is 0 Å². The summed E-state index contributed by atoms with van der Waals surface area (Å²) in [5, 5.41) is 18.7. The van der Waals surface area contributed by atoms with Gasteiger partial charge in [-0.1, -0.05) is 19.9 Å². The van der Waals surface area contributed by atoms with E-state index in [9.17, 15) is 5.11 Å². The van der Waals surface area contributed by atoms with Crippen molar-refractivity contribution in [2.45, 2.75) is 19.3 Å². The fourth-order valence-corrected chi connectivity index (χ4v) is 1.20. The lowest BCUT2D eigenvalue weighted by atomic mass is 9.85. The normalized spacial score (nSPS) is 11.4. The van der Waals surface area contributed by atoms with Crippen LogP contribution >= 0.6 is 0 Å². The Morgan fingerprint density at radius 3 is 2.43 bits per heavy atom. The van der Waals surface area contributed by atoms with Crippen LogP contribution in [0.4, 0.5) is 0 Å². The van der Waals surface area contributed by atoms with Gasteiger partial charge in [0.25, 0.3) is 0 Å². The van der Waals surface area contributed by atoms with E-state index in [1.165, 1.54) is 7.11 Å². The molecule has 0 radical (unpaired) electrons. The number of benzene rings is 1. The number of ether oxygens (including phenoxy) is 1. The Morgan fingerprint density at radius 2 is 2.00 bits per heavy atom. The molecule has 0 heterocycles. The molecule has 0 aliphatic carbocycles. The number of aliphatic hydroxyl groups excluding tert-OH is 1. The quantitative estimate of drug-likeness (QED) is 0.773. The zero-order valence-electron chi connectivity index (χ0n) is 8.74. The SMILES string of the molecule is COc1ccc(C(C)(C)CO)cc1O. The first kappa shape index (κ1) is 10.9. The molecule has 0 atom stereocenters. The summed E-state index contributed by atoms with van der Waals surface area (Å²) >= 11 is 0. The van der Waals surface area contributed by atoms with Gasteiger partial charge >= 0.3 is 0 Å². The zero-order chi connectivity index (χ0) is 10.8. The van der Waals surface area contributed by atoms with Crippen LogP contribution in [-0.2, 0) is 5.41 Å². The van der Waals surface area contributed by atoms with Crippen molar-refractivity contribution in [1.82, 2.24) is 0 Å². The molecule has 0 aliphatic heterocycles. The molecule has 3 nitrogen and oxygen atoms in total. The highest BCUT2D eigenvalue weighted by Gasteiger charge is 2.20. The summed E-state index contributed by atoms with van der Waals surface area (Å²) in [6.45, 7) is 3.86. The van der Waals surface area contributed by atoms with Crippen LogP contribution in [0.2, 0.25) is 0 Å². The Morgan fingerprint density at radius 1 is 1.36 bits per heavy atom. The van der Waals surface area contributed by atoms with Gasteiger partial charge in [0.2, 0.25) is 0 Å². The lowest BCUT2D eigenvalue weighted by molar-refractivity contribution is 0.218. The predicted octanol–water partition coefficient (Wildman–Crippen LogP) is 1.67. The molecule has 0 aromatic heterocycles. The van der Waals surface area contributed by atoms with Gasteiger partial charge < -0.3 is 14.9 Å². The molecule has 0 saturated carbocycles. The van der Waals surface area contributed by atoms with E-state index in [1.807, 2.05) is 19.9 Å². The maximum atomic E-state index is 9.54. The molecule has 3 heteroatoms. The molecule has 1 aromatic rings. The van der Waals surface area contributed by atoms with Crippen LogP contribution < -0.4 is 4.74 Å². The lowest BCUT2D eigenvalue weighted by Gasteiger charge is -2.22. The molecule has 0 saturated heterocycles. The van der Waals surface area contributed by atoms with E-state index in [0.717, 1.165) is 5.56 Å². The summed E-state index contributed by atoms with van der Waals surface area (Å²) in [5.74, 6) is 0.550. The average molecular weight is 196 g/mol. The third-order valence-electron chi connectivity index (χ3n) is 2.36. The molecule has 14 heavy (non-hydrogen) atoms. The molecular formula is C11H16O3. The Labute approximate surface area is 84.0 Å². The molecule has 1 rings (SSSR count).